The van der Waals surface area contributed by atoms with Gasteiger partial charge in [-0.2, -0.15) is 8.78 Å². The van der Waals surface area contributed by atoms with Gasteiger partial charge in [-0.05, 0) is 17.7 Å². The molecule has 0 amide bonds. The number of aliphatic hydroxyl groups excluding tert-OH is 1. The Morgan fingerprint density at radius 2 is 1.90 bits per heavy atom. The van der Waals surface area contributed by atoms with E-state index in [9.17, 15) is 13.2 Å². The van der Waals surface area contributed by atoms with E-state index in [1.54, 1.807) is 18.2 Å². The molecule has 0 radical (unpaired) electrons. The standard InChI is InChI=1S/C14H12F3NO3/c15-10-5-11(18)13(6-12(10)21-14(16)17)20-9-3-1-2-8(4-9)7-19/h1-6,14,19H,7,18H2. The summed E-state index contributed by atoms with van der Waals surface area (Å²) in [5.74, 6) is -1.37. The van der Waals surface area contributed by atoms with Crippen LogP contribution in [0, 0.1) is 5.82 Å². The molecule has 7 heteroatoms. The van der Waals surface area contributed by atoms with E-state index in [2.05, 4.69) is 4.74 Å². The summed E-state index contributed by atoms with van der Waals surface area (Å²) in [5, 5.41) is 9.03. The van der Waals surface area contributed by atoms with Crippen molar-refractivity contribution in [3.8, 4) is 17.2 Å². The van der Waals surface area contributed by atoms with Gasteiger partial charge in [-0.1, -0.05) is 12.1 Å². The number of halogens is 3. The number of benzene rings is 2. The van der Waals surface area contributed by atoms with Gasteiger partial charge in [-0.15, -0.1) is 0 Å². The molecule has 0 aliphatic heterocycles. The van der Waals surface area contributed by atoms with Crippen LogP contribution >= 0.6 is 0 Å². The first-order valence-electron chi connectivity index (χ1n) is 5.91. The Balaban J connectivity index is 2.30. The average Bonchev–Trinajstić information content (AvgIpc) is 2.44. The molecule has 2 rings (SSSR count). The van der Waals surface area contributed by atoms with Crippen LogP contribution in [0.25, 0.3) is 0 Å². The van der Waals surface area contributed by atoms with E-state index >= 15 is 0 Å². The van der Waals surface area contributed by atoms with Gasteiger partial charge in [0.25, 0.3) is 0 Å². The first-order valence-corrected chi connectivity index (χ1v) is 5.91. The van der Waals surface area contributed by atoms with Crippen LogP contribution in [0.4, 0.5) is 18.9 Å². The Labute approximate surface area is 118 Å². The van der Waals surface area contributed by atoms with Gasteiger partial charge in [0.05, 0.1) is 12.3 Å². The molecule has 0 spiro atoms. The summed E-state index contributed by atoms with van der Waals surface area (Å²) >= 11 is 0. The summed E-state index contributed by atoms with van der Waals surface area (Å²) in [6.45, 7) is -3.34. The molecular formula is C14H12F3NO3. The largest absolute Gasteiger partial charge is 0.455 e. The van der Waals surface area contributed by atoms with E-state index in [0.717, 1.165) is 12.1 Å². The fraction of sp³-hybridized carbons (Fsp3) is 0.143. The topological polar surface area (TPSA) is 64.7 Å². The molecule has 0 heterocycles. The van der Waals surface area contributed by atoms with Crippen LogP contribution in [0.1, 0.15) is 5.56 Å². The van der Waals surface area contributed by atoms with E-state index in [4.69, 9.17) is 15.6 Å². The zero-order chi connectivity index (χ0) is 15.4. The second-order valence-corrected chi connectivity index (χ2v) is 4.11. The SMILES string of the molecule is Nc1cc(F)c(OC(F)F)cc1Oc1cccc(CO)c1. The van der Waals surface area contributed by atoms with Crippen LogP contribution in [0.15, 0.2) is 36.4 Å². The molecule has 0 aromatic heterocycles. The maximum Gasteiger partial charge on any atom is 0.387 e. The lowest BCUT2D eigenvalue weighted by Crippen LogP contribution is -2.05. The number of nitrogen functional groups attached to an aromatic ring is 1. The molecule has 0 saturated heterocycles. The van der Waals surface area contributed by atoms with E-state index < -0.39 is 18.2 Å². The van der Waals surface area contributed by atoms with Gasteiger partial charge in [0.1, 0.15) is 5.75 Å². The Hall–Kier alpha value is -2.41. The highest BCUT2D eigenvalue weighted by atomic mass is 19.3. The molecule has 0 saturated carbocycles. The minimum absolute atomic E-state index is 0.0258. The third-order valence-corrected chi connectivity index (χ3v) is 2.59. The fourth-order valence-corrected chi connectivity index (χ4v) is 1.66. The number of nitrogens with two attached hydrogens (primary N) is 1. The van der Waals surface area contributed by atoms with Crippen LogP contribution in [0.2, 0.25) is 0 Å². The predicted molar refractivity (Wildman–Crippen MR) is 69.9 cm³/mol. The molecule has 0 atom stereocenters. The molecule has 21 heavy (non-hydrogen) atoms. The van der Waals surface area contributed by atoms with Gasteiger partial charge in [0.15, 0.2) is 17.3 Å². The van der Waals surface area contributed by atoms with Crippen LogP contribution in [0.5, 0.6) is 17.2 Å². The van der Waals surface area contributed by atoms with E-state index in [-0.39, 0.29) is 18.0 Å². The molecule has 4 nitrogen and oxygen atoms in total. The molecule has 2 aromatic carbocycles. The van der Waals surface area contributed by atoms with Crippen molar-refractivity contribution in [2.75, 3.05) is 5.73 Å². The lowest BCUT2D eigenvalue weighted by molar-refractivity contribution is -0.0522. The monoisotopic (exact) mass is 299 g/mol. The lowest BCUT2D eigenvalue weighted by atomic mass is 10.2. The van der Waals surface area contributed by atoms with E-state index in [1.807, 2.05) is 0 Å². The molecule has 0 aliphatic carbocycles. The van der Waals surface area contributed by atoms with Crippen molar-refractivity contribution in [2.24, 2.45) is 0 Å². The quantitative estimate of drug-likeness (QED) is 0.831. The highest BCUT2D eigenvalue weighted by Gasteiger charge is 2.14. The number of alkyl halides is 2. The van der Waals surface area contributed by atoms with Crippen molar-refractivity contribution in [1.82, 2.24) is 0 Å². The van der Waals surface area contributed by atoms with Crippen LogP contribution in [-0.4, -0.2) is 11.7 Å². The van der Waals surface area contributed by atoms with Crippen molar-refractivity contribution in [2.45, 2.75) is 13.2 Å². The van der Waals surface area contributed by atoms with Crippen molar-refractivity contribution in [1.29, 1.82) is 0 Å². The van der Waals surface area contributed by atoms with Gasteiger partial charge in [-0.3, -0.25) is 0 Å². The average molecular weight is 299 g/mol. The first-order chi connectivity index (χ1) is 9.99. The molecule has 0 bridgehead atoms. The lowest BCUT2D eigenvalue weighted by Gasteiger charge is -2.12. The third-order valence-electron chi connectivity index (χ3n) is 2.59. The summed E-state index contributed by atoms with van der Waals surface area (Å²) in [5.41, 5.74) is 6.11. The number of hydrogen-bond donors (Lipinski definition) is 2. The van der Waals surface area contributed by atoms with Crippen molar-refractivity contribution in [3.05, 3.63) is 47.8 Å². The Morgan fingerprint density at radius 1 is 1.14 bits per heavy atom. The molecule has 112 valence electrons. The minimum Gasteiger partial charge on any atom is -0.455 e. The molecule has 0 aliphatic rings. The predicted octanol–water partition coefficient (Wildman–Crippen LogP) is 3.29. The maximum atomic E-state index is 13.4. The highest BCUT2D eigenvalue weighted by Crippen LogP contribution is 2.34. The zero-order valence-corrected chi connectivity index (χ0v) is 10.7. The van der Waals surface area contributed by atoms with Gasteiger partial charge in [0.2, 0.25) is 0 Å². The van der Waals surface area contributed by atoms with E-state index in [0.29, 0.717) is 11.3 Å². The Kier molecular flexibility index (Phi) is 4.54. The van der Waals surface area contributed by atoms with Crippen molar-refractivity contribution < 1.29 is 27.8 Å². The molecular weight excluding hydrogens is 287 g/mol. The number of hydrogen-bond acceptors (Lipinski definition) is 4. The normalized spacial score (nSPS) is 10.7. The van der Waals surface area contributed by atoms with E-state index in [1.165, 1.54) is 6.07 Å². The summed E-state index contributed by atoms with van der Waals surface area (Å²) < 4.78 is 47.2. The molecule has 2 aromatic rings. The number of aliphatic hydroxyl groups is 1. The molecule has 0 unspecified atom stereocenters. The smallest absolute Gasteiger partial charge is 0.387 e. The van der Waals surface area contributed by atoms with Crippen molar-refractivity contribution >= 4 is 5.69 Å². The summed E-state index contributed by atoms with van der Waals surface area (Å²) in [6, 6.07) is 8.21. The number of anilines is 1. The second kappa shape index (κ2) is 6.36. The molecule has 3 N–H and O–H groups in total. The first kappa shape index (κ1) is 15.0. The number of ether oxygens (including phenoxy) is 2. The Morgan fingerprint density at radius 3 is 2.57 bits per heavy atom. The number of rotatable bonds is 5. The van der Waals surface area contributed by atoms with Crippen LogP contribution in [0.3, 0.4) is 0 Å². The Bertz CT molecular complexity index is 635. The zero-order valence-electron chi connectivity index (χ0n) is 10.7. The van der Waals surface area contributed by atoms with Gasteiger partial charge < -0.3 is 20.3 Å². The van der Waals surface area contributed by atoms with Gasteiger partial charge >= 0.3 is 6.61 Å². The summed E-state index contributed by atoms with van der Waals surface area (Å²) in [6.07, 6.45) is 0. The maximum absolute atomic E-state index is 13.4. The van der Waals surface area contributed by atoms with Gasteiger partial charge in [0, 0.05) is 12.1 Å². The van der Waals surface area contributed by atoms with Gasteiger partial charge in [-0.25, -0.2) is 4.39 Å². The summed E-state index contributed by atoms with van der Waals surface area (Å²) in [4.78, 5) is 0. The van der Waals surface area contributed by atoms with Crippen LogP contribution in [-0.2, 0) is 6.61 Å². The second-order valence-electron chi connectivity index (χ2n) is 4.11. The molecule has 0 fully saturated rings. The fourth-order valence-electron chi connectivity index (χ4n) is 1.66. The van der Waals surface area contributed by atoms with Crippen LogP contribution < -0.4 is 15.2 Å². The highest BCUT2D eigenvalue weighted by molar-refractivity contribution is 5.57. The minimum atomic E-state index is -3.16. The van der Waals surface area contributed by atoms with Crippen molar-refractivity contribution in [3.63, 3.8) is 0 Å². The third kappa shape index (κ3) is 3.79. The summed E-state index contributed by atoms with van der Waals surface area (Å²) in [7, 11) is 0.